The molecule has 0 radical (unpaired) electrons. The van der Waals surface area contributed by atoms with Gasteiger partial charge in [-0.1, -0.05) is 31.2 Å². The lowest BCUT2D eigenvalue weighted by Gasteiger charge is -2.16. The highest BCUT2D eigenvalue weighted by Crippen LogP contribution is 1.90. The third kappa shape index (κ3) is 6.13. The molecule has 0 fully saturated rings. The summed E-state index contributed by atoms with van der Waals surface area (Å²) in [5.41, 5.74) is 0. The SMILES string of the molecule is CC=CCON(CC)CC=CC. The summed E-state index contributed by atoms with van der Waals surface area (Å²) in [4.78, 5) is 5.43. The van der Waals surface area contributed by atoms with Crippen molar-refractivity contribution in [3.8, 4) is 0 Å². The van der Waals surface area contributed by atoms with Gasteiger partial charge >= 0.3 is 0 Å². The zero-order chi connectivity index (χ0) is 9.23. The van der Waals surface area contributed by atoms with Crippen LogP contribution in [-0.2, 0) is 4.84 Å². The smallest absolute Gasteiger partial charge is 0.0866 e. The number of hydroxylamine groups is 2. The molecule has 12 heavy (non-hydrogen) atoms. The van der Waals surface area contributed by atoms with Gasteiger partial charge in [0.15, 0.2) is 0 Å². The molecule has 2 nitrogen and oxygen atoms in total. The molecular weight excluding hydrogens is 150 g/mol. The quantitative estimate of drug-likeness (QED) is 0.447. The molecule has 0 saturated heterocycles. The van der Waals surface area contributed by atoms with Gasteiger partial charge in [0.1, 0.15) is 0 Å². The van der Waals surface area contributed by atoms with Crippen LogP contribution in [0.15, 0.2) is 24.3 Å². The zero-order valence-electron chi connectivity index (χ0n) is 8.29. The van der Waals surface area contributed by atoms with Crippen LogP contribution in [0.1, 0.15) is 20.8 Å². The van der Waals surface area contributed by atoms with E-state index in [1.54, 1.807) is 0 Å². The highest BCUT2D eigenvalue weighted by atomic mass is 16.7. The van der Waals surface area contributed by atoms with Gasteiger partial charge in [0, 0.05) is 13.1 Å². The van der Waals surface area contributed by atoms with E-state index in [1.165, 1.54) is 0 Å². The van der Waals surface area contributed by atoms with Crippen LogP contribution >= 0.6 is 0 Å². The van der Waals surface area contributed by atoms with E-state index < -0.39 is 0 Å². The average molecular weight is 169 g/mol. The highest BCUT2D eigenvalue weighted by molar-refractivity contribution is 4.79. The molecule has 0 N–H and O–H groups in total. The van der Waals surface area contributed by atoms with E-state index in [9.17, 15) is 0 Å². The first-order valence-corrected chi connectivity index (χ1v) is 4.45. The summed E-state index contributed by atoms with van der Waals surface area (Å²) in [6.07, 6.45) is 8.10. The van der Waals surface area contributed by atoms with Crippen LogP contribution in [0.2, 0.25) is 0 Å². The van der Waals surface area contributed by atoms with Crippen molar-refractivity contribution in [1.82, 2.24) is 5.06 Å². The van der Waals surface area contributed by atoms with Crippen molar-refractivity contribution >= 4 is 0 Å². The lowest BCUT2D eigenvalue weighted by molar-refractivity contribution is -0.136. The fourth-order valence-corrected chi connectivity index (χ4v) is 0.741. The van der Waals surface area contributed by atoms with Gasteiger partial charge in [0.05, 0.1) is 6.61 Å². The van der Waals surface area contributed by atoms with Crippen molar-refractivity contribution in [3.05, 3.63) is 24.3 Å². The molecular formula is C10H19NO. The molecule has 0 spiro atoms. The maximum Gasteiger partial charge on any atom is 0.0866 e. The Balaban J connectivity index is 3.52. The molecule has 0 aromatic carbocycles. The standard InChI is InChI=1S/C10H19NO/c1-4-7-9-11(6-3)12-10-8-5-2/h4-5,7-8H,6,9-10H2,1-3H3. The second kappa shape index (κ2) is 8.50. The summed E-state index contributed by atoms with van der Waals surface area (Å²) in [6, 6.07) is 0. The number of rotatable bonds is 6. The summed E-state index contributed by atoms with van der Waals surface area (Å²) in [6.45, 7) is 8.54. The van der Waals surface area contributed by atoms with E-state index in [2.05, 4.69) is 13.0 Å². The Labute approximate surface area is 75.5 Å². The zero-order valence-corrected chi connectivity index (χ0v) is 8.29. The minimum absolute atomic E-state index is 0.669. The minimum Gasteiger partial charge on any atom is -0.295 e. The summed E-state index contributed by atoms with van der Waals surface area (Å²) < 4.78 is 0. The largest absolute Gasteiger partial charge is 0.295 e. The Kier molecular flexibility index (Phi) is 8.07. The average Bonchev–Trinajstić information content (AvgIpc) is 2.11. The van der Waals surface area contributed by atoms with E-state index in [-0.39, 0.29) is 0 Å². The second-order valence-electron chi connectivity index (χ2n) is 2.41. The summed E-state index contributed by atoms with van der Waals surface area (Å²) >= 11 is 0. The van der Waals surface area contributed by atoms with Crippen LogP contribution < -0.4 is 0 Å². The maximum atomic E-state index is 5.43. The van der Waals surface area contributed by atoms with Crippen molar-refractivity contribution in [3.63, 3.8) is 0 Å². The van der Waals surface area contributed by atoms with E-state index in [0.717, 1.165) is 13.1 Å². The first kappa shape index (κ1) is 11.4. The fraction of sp³-hybridized carbons (Fsp3) is 0.600. The van der Waals surface area contributed by atoms with Crippen LogP contribution in [0.5, 0.6) is 0 Å². The number of hydrogen-bond acceptors (Lipinski definition) is 2. The number of allylic oxidation sites excluding steroid dienone is 2. The van der Waals surface area contributed by atoms with E-state index >= 15 is 0 Å². The number of likely N-dealkylation sites (N-methyl/N-ethyl adjacent to an activating group) is 1. The van der Waals surface area contributed by atoms with E-state index in [0.29, 0.717) is 6.61 Å². The summed E-state index contributed by atoms with van der Waals surface area (Å²) in [5.74, 6) is 0. The van der Waals surface area contributed by atoms with E-state index in [1.807, 2.05) is 37.1 Å². The predicted molar refractivity (Wildman–Crippen MR) is 52.8 cm³/mol. The van der Waals surface area contributed by atoms with Crippen LogP contribution in [0.25, 0.3) is 0 Å². The van der Waals surface area contributed by atoms with Gasteiger partial charge < -0.3 is 0 Å². The van der Waals surface area contributed by atoms with Crippen molar-refractivity contribution in [1.29, 1.82) is 0 Å². The van der Waals surface area contributed by atoms with Gasteiger partial charge in [-0.25, -0.2) is 0 Å². The van der Waals surface area contributed by atoms with E-state index in [4.69, 9.17) is 4.84 Å². The van der Waals surface area contributed by atoms with Gasteiger partial charge in [-0.15, -0.1) is 0 Å². The predicted octanol–water partition coefficient (Wildman–Crippen LogP) is 2.39. The Morgan fingerprint density at radius 3 is 2.33 bits per heavy atom. The molecule has 0 saturated carbocycles. The molecule has 0 atom stereocenters. The van der Waals surface area contributed by atoms with Crippen molar-refractivity contribution in [2.75, 3.05) is 19.7 Å². The molecule has 0 bridgehead atoms. The molecule has 2 heteroatoms. The van der Waals surface area contributed by atoms with Gasteiger partial charge in [0.25, 0.3) is 0 Å². The Hall–Kier alpha value is -0.600. The third-order valence-corrected chi connectivity index (χ3v) is 1.49. The summed E-state index contributed by atoms with van der Waals surface area (Å²) in [5, 5.41) is 1.93. The number of hydrogen-bond donors (Lipinski definition) is 0. The second-order valence-corrected chi connectivity index (χ2v) is 2.41. The Morgan fingerprint density at radius 1 is 1.17 bits per heavy atom. The van der Waals surface area contributed by atoms with Crippen molar-refractivity contribution in [2.24, 2.45) is 0 Å². The monoisotopic (exact) mass is 169 g/mol. The van der Waals surface area contributed by atoms with Gasteiger partial charge in [-0.3, -0.25) is 4.84 Å². The topological polar surface area (TPSA) is 12.5 Å². The van der Waals surface area contributed by atoms with Crippen LogP contribution in [0.3, 0.4) is 0 Å². The molecule has 0 heterocycles. The first-order valence-electron chi connectivity index (χ1n) is 4.45. The highest BCUT2D eigenvalue weighted by Gasteiger charge is 1.96. The molecule has 70 valence electrons. The molecule has 0 amide bonds. The van der Waals surface area contributed by atoms with Crippen molar-refractivity contribution in [2.45, 2.75) is 20.8 Å². The lowest BCUT2D eigenvalue weighted by Crippen LogP contribution is -2.23. The molecule has 0 aromatic heterocycles. The Bertz CT molecular complexity index is 141. The maximum absolute atomic E-state index is 5.43. The van der Waals surface area contributed by atoms with Gasteiger partial charge in [-0.2, -0.15) is 5.06 Å². The van der Waals surface area contributed by atoms with Crippen LogP contribution in [0, 0.1) is 0 Å². The first-order chi connectivity index (χ1) is 5.85. The van der Waals surface area contributed by atoms with Crippen molar-refractivity contribution < 1.29 is 4.84 Å². The van der Waals surface area contributed by atoms with Crippen LogP contribution in [-0.4, -0.2) is 24.8 Å². The lowest BCUT2D eigenvalue weighted by atomic mass is 10.5. The number of nitrogens with zero attached hydrogens (tertiary/aromatic N) is 1. The van der Waals surface area contributed by atoms with Gasteiger partial charge in [0.2, 0.25) is 0 Å². The Morgan fingerprint density at radius 2 is 1.83 bits per heavy atom. The third-order valence-electron chi connectivity index (χ3n) is 1.49. The fourth-order valence-electron chi connectivity index (χ4n) is 0.741. The normalized spacial score (nSPS) is 12.3. The molecule has 0 aliphatic rings. The van der Waals surface area contributed by atoms with Crippen LogP contribution in [0.4, 0.5) is 0 Å². The summed E-state index contributed by atoms with van der Waals surface area (Å²) in [7, 11) is 0. The van der Waals surface area contributed by atoms with Gasteiger partial charge in [-0.05, 0) is 13.8 Å². The molecule has 0 aliphatic heterocycles. The molecule has 0 rings (SSSR count). The minimum atomic E-state index is 0.669. The molecule has 0 aromatic rings. The molecule has 0 unspecified atom stereocenters. The molecule has 0 aliphatic carbocycles.